The van der Waals surface area contributed by atoms with Crippen molar-refractivity contribution in [1.82, 2.24) is 15.2 Å². The quantitative estimate of drug-likeness (QED) is 0.500. The molecule has 8 nitrogen and oxygen atoms in total. The molecular formula is C31H33FN6O2. The topological polar surface area (TPSA) is 101 Å². The normalized spacial score (nSPS) is 16.8. The number of nitrogens with zero attached hydrogens (tertiary/aromatic N) is 4. The lowest BCUT2D eigenvalue weighted by molar-refractivity contribution is 0.0421. The summed E-state index contributed by atoms with van der Waals surface area (Å²) in [5, 5.41) is 15.3. The fourth-order valence-electron chi connectivity index (χ4n) is 5.38. The van der Waals surface area contributed by atoms with Gasteiger partial charge in [-0.2, -0.15) is 5.26 Å². The number of piperidine rings is 1. The van der Waals surface area contributed by atoms with Crippen LogP contribution >= 0.6 is 0 Å². The van der Waals surface area contributed by atoms with Crippen molar-refractivity contribution in [3.05, 3.63) is 88.1 Å². The molecule has 0 bridgehead atoms. The molecule has 2 fully saturated rings. The number of amides is 2. The number of nitrogens with one attached hydrogen (secondary N) is 2. The van der Waals surface area contributed by atoms with Gasteiger partial charge < -0.3 is 20.4 Å². The van der Waals surface area contributed by atoms with Crippen molar-refractivity contribution in [3.63, 3.8) is 0 Å². The second-order valence-electron chi connectivity index (χ2n) is 10.5. The monoisotopic (exact) mass is 540 g/mol. The fraction of sp³-hybridized carbons (Fsp3) is 0.355. The van der Waals surface area contributed by atoms with E-state index in [2.05, 4.69) is 26.6 Å². The molecule has 0 saturated carbocycles. The zero-order chi connectivity index (χ0) is 28.3. The number of piperazine rings is 1. The molecule has 0 atom stereocenters. The van der Waals surface area contributed by atoms with Crippen LogP contribution in [0.1, 0.15) is 55.8 Å². The molecule has 2 N–H and O–H groups in total. The predicted molar refractivity (Wildman–Crippen MR) is 152 cm³/mol. The van der Waals surface area contributed by atoms with Gasteiger partial charge in [0.2, 0.25) is 0 Å². The number of halogens is 1. The molecule has 40 heavy (non-hydrogen) atoms. The molecule has 0 radical (unpaired) electrons. The molecule has 0 spiro atoms. The van der Waals surface area contributed by atoms with Crippen molar-refractivity contribution < 1.29 is 14.0 Å². The number of benzene rings is 2. The van der Waals surface area contributed by atoms with Crippen molar-refractivity contribution in [3.8, 4) is 6.07 Å². The molecule has 2 aliphatic heterocycles. The van der Waals surface area contributed by atoms with E-state index >= 15 is 4.39 Å². The molecule has 206 valence electrons. The lowest BCUT2D eigenvalue weighted by Gasteiger charge is -2.37. The van der Waals surface area contributed by atoms with Crippen LogP contribution in [-0.4, -0.2) is 61.0 Å². The number of hydrogen-bond donors (Lipinski definition) is 2. The Hall–Kier alpha value is -4.29. The summed E-state index contributed by atoms with van der Waals surface area (Å²) in [6.07, 6.45) is 1.93. The summed E-state index contributed by atoms with van der Waals surface area (Å²) in [5.41, 5.74) is 2.59. The predicted octanol–water partition coefficient (Wildman–Crippen LogP) is 4.33. The van der Waals surface area contributed by atoms with Gasteiger partial charge >= 0.3 is 0 Å². The van der Waals surface area contributed by atoms with Crippen molar-refractivity contribution in [2.45, 2.75) is 32.4 Å². The van der Waals surface area contributed by atoms with Crippen molar-refractivity contribution >= 4 is 23.3 Å². The minimum absolute atomic E-state index is 0.177. The maximum Gasteiger partial charge on any atom is 0.257 e. The Kier molecular flexibility index (Phi) is 7.81. The van der Waals surface area contributed by atoms with Gasteiger partial charge in [0, 0.05) is 69.6 Å². The molecule has 5 rings (SSSR count). The van der Waals surface area contributed by atoms with E-state index in [9.17, 15) is 9.59 Å². The van der Waals surface area contributed by atoms with Crippen LogP contribution in [0.5, 0.6) is 0 Å². The van der Waals surface area contributed by atoms with E-state index in [0.29, 0.717) is 27.9 Å². The highest BCUT2D eigenvalue weighted by molar-refractivity contribution is 6.05. The van der Waals surface area contributed by atoms with Gasteiger partial charge in [0.15, 0.2) is 0 Å². The van der Waals surface area contributed by atoms with Crippen LogP contribution in [0.3, 0.4) is 0 Å². The average Bonchev–Trinajstić information content (AvgIpc) is 2.99. The summed E-state index contributed by atoms with van der Waals surface area (Å²) in [4.78, 5) is 34.9. The third kappa shape index (κ3) is 5.68. The lowest BCUT2D eigenvalue weighted by Crippen LogP contribution is -2.43. The zero-order valence-electron chi connectivity index (χ0n) is 22.8. The van der Waals surface area contributed by atoms with Crippen LogP contribution in [0.4, 0.5) is 15.9 Å². The third-order valence-corrected chi connectivity index (χ3v) is 7.88. The molecule has 2 aliphatic rings. The summed E-state index contributed by atoms with van der Waals surface area (Å²) in [7, 11) is 0. The number of aryl methyl sites for hydroxylation is 2. The lowest BCUT2D eigenvalue weighted by atomic mass is 9.85. The number of alkyl halides is 1. The van der Waals surface area contributed by atoms with Gasteiger partial charge in [-0.3, -0.25) is 9.59 Å². The number of carbonyl (C=O) groups is 2. The number of carbonyl (C=O) groups excluding carboxylic acids is 2. The first-order valence-electron chi connectivity index (χ1n) is 13.6. The van der Waals surface area contributed by atoms with Crippen LogP contribution in [-0.2, 0) is 5.67 Å². The van der Waals surface area contributed by atoms with Gasteiger partial charge in [0.05, 0.1) is 17.2 Å². The second kappa shape index (κ2) is 11.4. The van der Waals surface area contributed by atoms with Crippen molar-refractivity contribution in [2.24, 2.45) is 0 Å². The largest absolute Gasteiger partial charge is 0.354 e. The summed E-state index contributed by atoms with van der Waals surface area (Å²) >= 11 is 0. The minimum atomic E-state index is -1.54. The van der Waals surface area contributed by atoms with Crippen LogP contribution in [0.25, 0.3) is 0 Å². The highest BCUT2D eigenvalue weighted by Crippen LogP contribution is 2.37. The Morgan fingerprint density at radius 2 is 1.70 bits per heavy atom. The minimum Gasteiger partial charge on any atom is -0.354 e. The average molecular weight is 541 g/mol. The number of aromatic nitrogens is 1. The van der Waals surface area contributed by atoms with Gasteiger partial charge in [-0.05, 0) is 60.9 Å². The van der Waals surface area contributed by atoms with Gasteiger partial charge in [-0.15, -0.1) is 0 Å². The van der Waals surface area contributed by atoms with E-state index in [1.165, 1.54) is 0 Å². The third-order valence-electron chi connectivity index (χ3n) is 7.88. The molecular weight excluding hydrogens is 507 g/mol. The first-order chi connectivity index (χ1) is 19.3. The Morgan fingerprint density at radius 3 is 2.33 bits per heavy atom. The maximum atomic E-state index is 15.7. The van der Waals surface area contributed by atoms with Crippen LogP contribution < -0.4 is 15.5 Å². The number of anilines is 2. The maximum absolute atomic E-state index is 15.7. The Labute approximate surface area is 233 Å². The SMILES string of the molecule is Cc1cc(C)c(C(=O)N2CCC(F)(c3ccc(C#N)cc3)CC2)cc1NC(=O)c1ccc(N2CCNCC2)nc1. The fourth-order valence-corrected chi connectivity index (χ4v) is 5.38. The summed E-state index contributed by atoms with van der Waals surface area (Å²) in [6, 6.07) is 15.8. The van der Waals surface area contributed by atoms with Crippen molar-refractivity contribution in [1.29, 1.82) is 5.26 Å². The Morgan fingerprint density at radius 1 is 1.00 bits per heavy atom. The number of rotatable bonds is 5. The van der Waals surface area contributed by atoms with Gasteiger partial charge in [-0.25, -0.2) is 9.37 Å². The molecule has 9 heteroatoms. The molecule has 2 saturated heterocycles. The number of hydrogen-bond acceptors (Lipinski definition) is 6. The first-order valence-corrected chi connectivity index (χ1v) is 13.6. The molecule has 3 aromatic rings. The zero-order valence-corrected chi connectivity index (χ0v) is 22.8. The highest BCUT2D eigenvalue weighted by atomic mass is 19.1. The first kappa shape index (κ1) is 27.3. The molecule has 2 aromatic carbocycles. The summed E-state index contributed by atoms with van der Waals surface area (Å²) in [5.74, 6) is 0.361. The van der Waals surface area contributed by atoms with Crippen LogP contribution in [0.15, 0.2) is 54.7 Å². The number of pyridine rings is 1. The van der Waals surface area contributed by atoms with Gasteiger partial charge in [0.25, 0.3) is 11.8 Å². The van der Waals surface area contributed by atoms with E-state index in [4.69, 9.17) is 5.26 Å². The molecule has 1 aromatic heterocycles. The van der Waals surface area contributed by atoms with E-state index in [1.807, 2.05) is 26.0 Å². The highest BCUT2D eigenvalue weighted by Gasteiger charge is 2.38. The van der Waals surface area contributed by atoms with E-state index in [1.54, 1.807) is 47.5 Å². The van der Waals surface area contributed by atoms with E-state index < -0.39 is 5.67 Å². The molecule has 3 heterocycles. The van der Waals surface area contributed by atoms with Crippen LogP contribution in [0.2, 0.25) is 0 Å². The second-order valence-corrected chi connectivity index (χ2v) is 10.5. The number of nitriles is 1. The Balaban J connectivity index is 1.26. The number of likely N-dealkylation sites (tertiary alicyclic amines) is 1. The molecule has 0 aliphatic carbocycles. The van der Waals surface area contributed by atoms with E-state index in [0.717, 1.165) is 43.1 Å². The molecule has 0 unspecified atom stereocenters. The van der Waals surface area contributed by atoms with Crippen molar-refractivity contribution in [2.75, 3.05) is 49.5 Å². The van der Waals surface area contributed by atoms with Gasteiger partial charge in [0.1, 0.15) is 11.5 Å². The summed E-state index contributed by atoms with van der Waals surface area (Å²) in [6.45, 7) is 7.85. The van der Waals surface area contributed by atoms with E-state index in [-0.39, 0.29) is 37.7 Å². The standard InChI is InChI=1S/C31H33FN6O2/c1-21-17-22(2)27(36-29(39)24-5-8-28(35-20-24)37-15-11-34-12-16-37)18-26(21)30(40)38-13-9-31(32,10-14-38)25-6-3-23(19-33)4-7-25/h3-8,17-18,20,34H,9-16H2,1-2H3,(H,36,39). The Bertz CT molecular complexity index is 1430. The van der Waals surface area contributed by atoms with Gasteiger partial charge in [-0.1, -0.05) is 18.2 Å². The summed E-state index contributed by atoms with van der Waals surface area (Å²) < 4.78 is 15.7. The van der Waals surface area contributed by atoms with Crippen LogP contribution in [0, 0.1) is 25.2 Å². The molecule has 2 amide bonds. The smallest absolute Gasteiger partial charge is 0.257 e.